The van der Waals surface area contributed by atoms with Gasteiger partial charge in [0, 0.05) is 62.0 Å². The molecule has 0 radical (unpaired) electrons. The normalized spacial score (nSPS) is 14.1. The lowest BCUT2D eigenvalue weighted by atomic mass is 10.1. The summed E-state index contributed by atoms with van der Waals surface area (Å²) in [4.78, 5) is 28.8. The van der Waals surface area contributed by atoms with Crippen LogP contribution in [0.15, 0.2) is 57.5 Å². The predicted molar refractivity (Wildman–Crippen MR) is 178 cm³/mol. The molecule has 0 bridgehead atoms. The van der Waals surface area contributed by atoms with E-state index in [1.54, 1.807) is 13.2 Å². The molecular formula is C33H45N9O2. The number of aryl methyl sites for hydroxylation is 1. The van der Waals surface area contributed by atoms with Crippen molar-refractivity contribution in [3.8, 4) is 17.0 Å². The molecule has 44 heavy (non-hydrogen) atoms. The zero-order valence-corrected chi connectivity index (χ0v) is 26.6. The second kappa shape index (κ2) is 14.5. The number of hydrogen-bond acceptors (Lipinski definition) is 8. The Bertz CT molecular complexity index is 1670. The van der Waals surface area contributed by atoms with E-state index in [0.717, 1.165) is 79.1 Å². The molecule has 1 unspecified atom stereocenters. The number of H-pyrrole nitrogens is 1. The Morgan fingerprint density at radius 1 is 1.11 bits per heavy atom. The van der Waals surface area contributed by atoms with E-state index in [4.69, 9.17) is 14.8 Å². The number of anilines is 1. The third-order valence-corrected chi connectivity index (χ3v) is 7.88. The van der Waals surface area contributed by atoms with E-state index in [2.05, 4.69) is 69.8 Å². The summed E-state index contributed by atoms with van der Waals surface area (Å²) in [5.74, 6) is 2.67. The van der Waals surface area contributed by atoms with Crippen LogP contribution in [0.3, 0.4) is 0 Å². The quantitative estimate of drug-likeness (QED) is 0.194. The second-order valence-electron chi connectivity index (χ2n) is 11.4. The molecule has 11 nitrogen and oxygen atoms in total. The molecule has 0 fully saturated rings. The number of pyridine rings is 1. The highest BCUT2D eigenvalue weighted by Crippen LogP contribution is 2.33. The molecule has 1 atom stereocenters. The summed E-state index contributed by atoms with van der Waals surface area (Å²) >= 11 is 0. The van der Waals surface area contributed by atoms with Crippen LogP contribution < -0.4 is 15.6 Å². The van der Waals surface area contributed by atoms with Gasteiger partial charge in [-0.1, -0.05) is 39.3 Å². The van der Waals surface area contributed by atoms with Gasteiger partial charge in [-0.15, -0.1) is 0 Å². The fourth-order valence-corrected chi connectivity index (χ4v) is 5.68. The Labute approximate surface area is 259 Å². The molecule has 1 aliphatic rings. The standard InChI is InChI=1S/C33H45N9O2/c1-6-10-23(4)42-28-20-30(37-29-13-14-34-32(38-29)27-22-36-40(5)33(27)43)35-21-26(28)31(39-42)24-11-9-12-25(19-24)44-18-17-41(15-7-2)16-8-3/h9,11-12,19-23,36H,6-8,10,13-18H2,1-5H3,(H,34,35,37,38). The summed E-state index contributed by atoms with van der Waals surface area (Å²) in [6.45, 7) is 13.1. The summed E-state index contributed by atoms with van der Waals surface area (Å²) in [7, 11) is 1.67. The first-order chi connectivity index (χ1) is 21.4. The molecule has 5 rings (SSSR count). The zero-order chi connectivity index (χ0) is 31.1. The molecule has 0 aliphatic carbocycles. The van der Waals surface area contributed by atoms with E-state index in [1.165, 1.54) is 4.68 Å². The first-order valence-electron chi connectivity index (χ1n) is 15.9. The van der Waals surface area contributed by atoms with Crippen molar-refractivity contribution in [1.29, 1.82) is 0 Å². The number of aromatic nitrogens is 5. The van der Waals surface area contributed by atoms with E-state index in [0.29, 0.717) is 36.8 Å². The third-order valence-electron chi connectivity index (χ3n) is 7.88. The topological polar surface area (TPSA) is 118 Å². The van der Waals surface area contributed by atoms with Crippen molar-refractivity contribution < 1.29 is 4.74 Å². The Morgan fingerprint density at radius 2 is 1.93 bits per heavy atom. The van der Waals surface area contributed by atoms with Crippen LogP contribution in [0, 0.1) is 0 Å². The highest BCUT2D eigenvalue weighted by molar-refractivity contribution is 6.11. The number of fused-ring (bicyclic) bond motifs is 1. The van der Waals surface area contributed by atoms with Gasteiger partial charge in [0.1, 0.15) is 35.3 Å². The van der Waals surface area contributed by atoms with Crippen LogP contribution in [-0.2, 0) is 7.05 Å². The molecule has 4 heterocycles. The van der Waals surface area contributed by atoms with E-state index in [1.807, 2.05) is 24.4 Å². The monoisotopic (exact) mass is 599 g/mol. The zero-order valence-electron chi connectivity index (χ0n) is 26.6. The molecular weight excluding hydrogens is 554 g/mol. The molecule has 0 spiro atoms. The van der Waals surface area contributed by atoms with E-state index >= 15 is 0 Å². The molecule has 11 heteroatoms. The largest absolute Gasteiger partial charge is 0.492 e. The molecule has 1 aliphatic heterocycles. The number of nitrogens with zero attached hydrogens (tertiary/aromatic N) is 7. The van der Waals surface area contributed by atoms with Crippen molar-refractivity contribution in [1.82, 2.24) is 29.4 Å². The summed E-state index contributed by atoms with van der Waals surface area (Å²) in [6.07, 6.45) is 8.51. The van der Waals surface area contributed by atoms with Gasteiger partial charge in [-0.25, -0.2) is 9.98 Å². The summed E-state index contributed by atoms with van der Waals surface area (Å²) in [5.41, 5.74) is 3.20. The smallest absolute Gasteiger partial charge is 0.277 e. The number of nitrogens with one attached hydrogen (secondary N) is 2. The molecule has 2 N–H and O–H groups in total. The lowest BCUT2D eigenvalue weighted by Gasteiger charge is -2.20. The van der Waals surface area contributed by atoms with E-state index < -0.39 is 0 Å². The van der Waals surface area contributed by atoms with Crippen LogP contribution >= 0.6 is 0 Å². The van der Waals surface area contributed by atoms with Crippen molar-refractivity contribution in [2.24, 2.45) is 17.0 Å². The Balaban J connectivity index is 1.40. The van der Waals surface area contributed by atoms with Crippen molar-refractivity contribution in [2.45, 2.75) is 65.8 Å². The predicted octanol–water partition coefficient (Wildman–Crippen LogP) is 5.65. The number of benzene rings is 1. The van der Waals surface area contributed by atoms with Crippen molar-refractivity contribution in [2.75, 3.05) is 38.1 Å². The molecule has 0 amide bonds. The summed E-state index contributed by atoms with van der Waals surface area (Å²) in [6, 6.07) is 10.5. The van der Waals surface area contributed by atoms with Gasteiger partial charge in [-0.2, -0.15) is 5.10 Å². The minimum absolute atomic E-state index is 0.154. The second-order valence-corrected chi connectivity index (χ2v) is 11.4. The van der Waals surface area contributed by atoms with Gasteiger partial charge < -0.3 is 15.2 Å². The fourth-order valence-electron chi connectivity index (χ4n) is 5.68. The van der Waals surface area contributed by atoms with Gasteiger partial charge in [0.25, 0.3) is 5.56 Å². The first kappa shape index (κ1) is 31.2. The van der Waals surface area contributed by atoms with Crippen LogP contribution in [-0.4, -0.2) is 73.9 Å². The van der Waals surface area contributed by atoms with Crippen LogP contribution in [0.1, 0.15) is 71.4 Å². The highest BCUT2D eigenvalue weighted by Gasteiger charge is 2.20. The number of amidine groups is 2. The average molecular weight is 600 g/mol. The van der Waals surface area contributed by atoms with Gasteiger partial charge in [0.2, 0.25) is 0 Å². The molecule has 0 saturated heterocycles. The minimum atomic E-state index is -0.154. The number of ether oxygens (including phenoxy) is 1. The summed E-state index contributed by atoms with van der Waals surface area (Å²) in [5, 5.41) is 12.4. The van der Waals surface area contributed by atoms with Crippen LogP contribution in [0.2, 0.25) is 0 Å². The van der Waals surface area contributed by atoms with E-state index in [-0.39, 0.29) is 11.6 Å². The number of aromatic amines is 1. The van der Waals surface area contributed by atoms with Crippen molar-refractivity contribution in [3.63, 3.8) is 0 Å². The minimum Gasteiger partial charge on any atom is -0.492 e. The molecule has 4 aromatic rings. The number of hydrogen-bond donors (Lipinski definition) is 2. The van der Waals surface area contributed by atoms with Gasteiger partial charge in [-0.3, -0.25) is 24.1 Å². The average Bonchev–Trinajstić information content (AvgIpc) is 3.57. The summed E-state index contributed by atoms with van der Waals surface area (Å²) < 4.78 is 9.73. The Morgan fingerprint density at radius 3 is 2.66 bits per heavy atom. The number of rotatable bonds is 14. The lowest BCUT2D eigenvalue weighted by Crippen LogP contribution is -2.30. The Hall–Kier alpha value is -4.25. The maximum absolute atomic E-state index is 12.4. The number of aliphatic imine (C=N–C) groups is 2. The van der Waals surface area contributed by atoms with Crippen molar-refractivity contribution in [3.05, 3.63) is 58.6 Å². The third kappa shape index (κ3) is 7.10. The fraction of sp³-hybridized carbons (Fsp3) is 0.485. The van der Waals surface area contributed by atoms with Crippen LogP contribution in [0.5, 0.6) is 5.75 Å². The lowest BCUT2D eigenvalue weighted by molar-refractivity contribution is 0.209. The molecule has 0 saturated carbocycles. The maximum Gasteiger partial charge on any atom is 0.277 e. The van der Waals surface area contributed by atoms with Crippen LogP contribution in [0.4, 0.5) is 5.82 Å². The molecule has 3 aromatic heterocycles. The molecule has 1 aromatic carbocycles. The van der Waals surface area contributed by atoms with Gasteiger partial charge in [0.05, 0.1) is 5.52 Å². The van der Waals surface area contributed by atoms with E-state index in [9.17, 15) is 4.79 Å². The maximum atomic E-state index is 12.4. The van der Waals surface area contributed by atoms with Gasteiger partial charge >= 0.3 is 0 Å². The first-order valence-corrected chi connectivity index (χ1v) is 15.9. The van der Waals surface area contributed by atoms with Crippen molar-refractivity contribution >= 4 is 28.4 Å². The van der Waals surface area contributed by atoms with Gasteiger partial charge in [0.15, 0.2) is 5.84 Å². The van der Waals surface area contributed by atoms with Crippen LogP contribution in [0.25, 0.3) is 22.2 Å². The molecule has 234 valence electrons. The Kier molecular flexibility index (Phi) is 10.3. The SMILES string of the molecule is CCCC(C)n1nc(-c2cccc(OCCN(CCC)CCC)c2)c2cnc(NC3=NC(c4c[nH]n(C)c4=O)=NCC3)cc21. The highest BCUT2D eigenvalue weighted by atomic mass is 16.5. The van der Waals surface area contributed by atoms with Gasteiger partial charge in [-0.05, 0) is 51.4 Å².